The van der Waals surface area contributed by atoms with Crippen LogP contribution < -0.4 is 0 Å². The zero-order valence-electron chi connectivity index (χ0n) is 12.8. The van der Waals surface area contributed by atoms with Crippen molar-refractivity contribution in [2.24, 2.45) is 28.6 Å². The topological polar surface area (TPSA) is 17.8 Å². The van der Waals surface area contributed by atoms with Crippen molar-refractivity contribution in [3.63, 3.8) is 0 Å². The molecule has 1 unspecified atom stereocenters. The van der Waals surface area contributed by atoms with Crippen LogP contribution >= 0.6 is 0 Å². The van der Waals surface area contributed by atoms with E-state index in [9.17, 15) is 0 Å². The van der Waals surface area contributed by atoms with Gasteiger partial charge in [0.2, 0.25) is 0 Å². The molecule has 20 heavy (non-hydrogen) atoms. The maximum absolute atomic E-state index is 4.59. The highest BCUT2D eigenvalue weighted by Crippen LogP contribution is 2.68. The number of aromatic nitrogens is 2. The molecule has 6 rings (SSSR count). The first-order valence-corrected chi connectivity index (χ1v) is 8.57. The zero-order valence-corrected chi connectivity index (χ0v) is 12.8. The van der Waals surface area contributed by atoms with Gasteiger partial charge in [-0.3, -0.25) is 4.68 Å². The molecular weight excluding hydrogens is 244 g/mol. The lowest BCUT2D eigenvalue weighted by molar-refractivity contribution is -0.0868. The monoisotopic (exact) mass is 270 g/mol. The summed E-state index contributed by atoms with van der Waals surface area (Å²) in [6.07, 6.45) is 11.2. The predicted molar refractivity (Wildman–Crippen MR) is 79.4 cm³/mol. The average Bonchev–Trinajstić information content (AvgIpc) is 2.82. The first-order valence-electron chi connectivity index (χ1n) is 8.57. The van der Waals surface area contributed by atoms with Gasteiger partial charge in [0.25, 0.3) is 0 Å². The third-order valence-corrected chi connectivity index (χ3v) is 7.08. The maximum atomic E-state index is 4.59. The van der Waals surface area contributed by atoms with Crippen LogP contribution in [-0.2, 0) is 6.54 Å². The Labute approximate surface area is 121 Å². The molecule has 0 N–H and O–H groups in total. The second-order valence-electron chi connectivity index (χ2n) is 9.12. The molecule has 2 nitrogen and oxygen atoms in total. The molecule has 1 aliphatic heterocycles. The Bertz CT molecular complexity index is 518. The van der Waals surface area contributed by atoms with Crippen LogP contribution in [0.4, 0.5) is 0 Å². The molecule has 4 aliphatic carbocycles. The van der Waals surface area contributed by atoms with Crippen LogP contribution in [0.1, 0.15) is 64.0 Å². The molecule has 0 spiro atoms. The van der Waals surface area contributed by atoms with E-state index in [1.54, 1.807) is 25.0 Å². The molecule has 0 aromatic carbocycles. The molecule has 1 atom stereocenters. The SMILES string of the molecule is CC1(C)Cn2nccc2C1C12CC3CC(CC(C3)C1)C2. The Hall–Kier alpha value is -0.790. The fourth-order valence-corrected chi connectivity index (χ4v) is 7.27. The van der Waals surface area contributed by atoms with E-state index in [0.29, 0.717) is 10.8 Å². The fraction of sp³-hybridized carbons (Fsp3) is 0.833. The maximum Gasteiger partial charge on any atom is 0.0492 e. The van der Waals surface area contributed by atoms with E-state index in [4.69, 9.17) is 0 Å². The molecule has 1 aromatic rings. The van der Waals surface area contributed by atoms with Crippen molar-refractivity contribution in [1.29, 1.82) is 0 Å². The van der Waals surface area contributed by atoms with Crippen LogP contribution in [0.3, 0.4) is 0 Å². The average molecular weight is 270 g/mol. The van der Waals surface area contributed by atoms with E-state index < -0.39 is 0 Å². The first-order chi connectivity index (χ1) is 9.56. The highest BCUT2D eigenvalue weighted by Gasteiger charge is 2.59. The van der Waals surface area contributed by atoms with Gasteiger partial charge in [-0.05, 0) is 73.2 Å². The van der Waals surface area contributed by atoms with Gasteiger partial charge >= 0.3 is 0 Å². The van der Waals surface area contributed by atoms with Crippen molar-refractivity contribution in [1.82, 2.24) is 9.78 Å². The van der Waals surface area contributed by atoms with E-state index >= 15 is 0 Å². The summed E-state index contributed by atoms with van der Waals surface area (Å²) in [5.74, 6) is 3.91. The minimum atomic E-state index is 0.398. The van der Waals surface area contributed by atoms with Gasteiger partial charge in [0.05, 0.1) is 0 Å². The van der Waals surface area contributed by atoms with Crippen molar-refractivity contribution in [3.05, 3.63) is 18.0 Å². The van der Waals surface area contributed by atoms with Gasteiger partial charge in [-0.1, -0.05) is 13.8 Å². The van der Waals surface area contributed by atoms with E-state index in [2.05, 4.69) is 29.7 Å². The summed E-state index contributed by atoms with van der Waals surface area (Å²) in [4.78, 5) is 0. The van der Waals surface area contributed by atoms with Crippen molar-refractivity contribution >= 4 is 0 Å². The Balaban J connectivity index is 1.62. The van der Waals surface area contributed by atoms with E-state index in [-0.39, 0.29) is 0 Å². The fourth-order valence-electron chi connectivity index (χ4n) is 7.27. The van der Waals surface area contributed by atoms with Crippen LogP contribution in [0.2, 0.25) is 0 Å². The second kappa shape index (κ2) is 3.51. The normalized spacial score (nSPS) is 47.7. The summed E-state index contributed by atoms with van der Waals surface area (Å²) in [5, 5.41) is 4.59. The van der Waals surface area contributed by atoms with Crippen LogP contribution in [0.25, 0.3) is 0 Å². The molecule has 0 saturated heterocycles. The van der Waals surface area contributed by atoms with Crippen LogP contribution in [0, 0.1) is 28.6 Å². The second-order valence-corrected chi connectivity index (χ2v) is 9.12. The third kappa shape index (κ3) is 1.38. The smallest absolute Gasteiger partial charge is 0.0492 e. The summed E-state index contributed by atoms with van der Waals surface area (Å²) in [7, 11) is 0. The van der Waals surface area contributed by atoms with Gasteiger partial charge in [-0.15, -0.1) is 0 Å². The third-order valence-electron chi connectivity index (χ3n) is 7.08. The lowest BCUT2D eigenvalue weighted by atomic mass is 9.44. The molecule has 0 radical (unpaired) electrons. The summed E-state index contributed by atoms with van der Waals surface area (Å²) in [6.45, 7) is 6.11. The molecule has 5 aliphatic rings. The minimum Gasteiger partial charge on any atom is -0.269 e. The number of hydrogen-bond donors (Lipinski definition) is 0. The quantitative estimate of drug-likeness (QED) is 0.747. The molecule has 0 amide bonds. The Morgan fingerprint density at radius 2 is 1.65 bits per heavy atom. The van der Waals surface area contributed by atoms with Crippen molar-refractivity contribution in [3.8, 4) is 0 Å². The molecule has 1 aromatic heterocycles. The van der Waals surface area contributed by atoms with Crippen molar-refractivity contribution in [2.75, 3.05) is 0 Å². The summed E-state index contributed by atoms with van der Waals surface area (Å²) in [6, 6.07) is 2.32. The Morgan fingerprint density at radius 3 is 2.25 bits per heavy atom. The number of hydrogen-bond acceptors (Lipinski definition) is 1. The highest BCUT2D eigenvalue weighted by molar-refractivity contribution is 5.24. The number of rotatable bonds is 1. The van der Waals surface area contributed by atoms with E-state index in [1.807, 2.05) is 6.20 Å². The van der Waals surface area contributed by atoms with Gasteiger partial charge in [0.15, 0.2) is 0 Å². The molecule has 2 heterocycles. The van der Waals surface area contributed by atoms with Crippen LogP contribution in [0.15, 0.2) is 12.3 Å². The van der Waals surface area contributed by atoms with Gasteiger partial charge in [-0.2, -0.15) is 5.10 Å². The van der Waals surface area contributed by atoms with Gasteiger partial charge in [-0.25, -0.2) is 0 Å². The molecule has 108 valence electrons. The summed E-state index contributed by atoms with van der Waals surface area (Å²) >= 11 is 0. The van der Waals surface area contributed by atoms with Gasteiger partial charge in [0.1, 0.15) is 0 Å². The number of nitrogens with zero attached hydrogens (tertiary/aromatic N) is 2. The molecular formula is C18H26N2. The molecule has 2 heteroatoms. The van der Waals surface area contributed by atoms with Crippen molar-refractivity contribution < 1.29 is 0 Å². The van der Waals surface area contributed by atoms with Crippen LogP contribution in [-0.4, -0.2) is 9.78 Å². The molecule has 4 bridgehead atoms. The Morgan fingerprint density at radius 1 is 1.05 bits per heavy atom. The van der Waals surface area contributed by atoms with Crippen LogP contribution in [0.5, 0.6) is 0 Å². The van der Waals surface area contributed by atoms with Gasteiger partial charge in [0, 0.05) is 24.4 Å². The minimum absolute atomic E-state index is 0.398. The van der Waals surface area contributed by atoms with Crippen molar-refractivity contribution in [2.45, 2.75) is 64.8 Å². The number of fused-ring (bicyclic) bond motifs is 1. The summed E-state index contributed by atoms with van der Waals surface area (Å²) < 4.78 is 2.31. The van der Waals surface area contributed by atoms with Gasteiger partial charge < -0.3 is 0 Å². The predicted octanol–water partition coefficient (Wildman–Crippen LogP) is 4.22. The lowest BCUT2D eigenvalue weighted by Gasteiger charge is -2.60. The highest BCUT2D eigenvalue weighted by atomic mass is 15.3. The standard InChI is InChI=1S/C18H26N2/c1-17(2)11-20-15(3-4-19-20)16(17)18-8-12-5-13(9-18)7-14(6-12)10-18/h3-4,12-14,16H,5-11H2,1-2H3. The molecule has 4 saturated carbocycles. The first kappa shape index (κ1) is 11.8. The zero-order chi connectivity index (χ0) is 13.5. The lowest BCUT2D eigenvalue weighted by Crippen LogP contribution is -2.50. The largest absolute Gasteiger partial charge is 0.269 e. The summed E-state index contributed by atoms with van der Waals surface area (Å²) in [5.41, 5.74) is 2.57. The van der Waals surface area contributed by atoms with E-state index in [0.717, 1.165) is 30.2 Å². The molecule has 4 fully saturated rings. The Kier molecular flexibility index (Phi) is 2.07. The van der Waals surface area contributed by atoms with E-state index in [1.165, 1.54) is 19.3 Å².